The number of carbonyl (C=O) groups is 1. The average molecular weight is 392 g/mol. The van der Waals surface area contributed by atoms with Crippen molar-refractivity contribution in [2.24, 2.45) is 0 Å². The molecule has 110 valence electrons. The van der Waals surface area contributed by atoms with E-state index in [0.717, 1.165) is 36.4 Å². The van der Waals surface area contributed by atoms with Gasteiger partial charge in [0.1, 0.15) is 12.4 Å². The first kappa shape index (κ1) is 15.3. The number of amides is 1. The molecule has 2 rings (SSSR count). The lowest BCUT2D eigenvalue weighted by atomic mass is 10.3. The van der Waals surface area contributed by atoms with Gasteiger partial charge in [0.15, 0.2) is 0 Å². The van der Waals surface area contributed by atoms with Crippen LogP contribution in [0.3, 0.4) is 0 Å². The van der Waals surface area contributed by atoms with Crippen LogP contribution in [0.2, 0.25) is 0 Å². The maximum Gasteiger partial charge on any atom is 0.409 e. The standard InChI is InChI=1S/C13H17IN2O4/c14-10-2-1-3-11(12(10)15-13(17)18)20-9-6-16-4-7-19-8-5-16/h1-3,15H,4-9H2,(H,17,18). The van der Waals surface area contributed by atoms with Crippen molar-refractivity contribution in [1.29, 1.82) is 0 Å². The van der Waals surface area contributed by atoms with Gasteiger partial charge in [0.05, 0.1) is 18.9 Å². The van der Waals surface area contributed by atoms with E-state index in [1.54, 1.807) is 6.07 Å². The van der Waals surface area contributed by atoms with Crippen LogP contribution in [0.1, 0.15) is 0 Å². The molecule has 0 bridgehead atoms. The Hall–Kier alpha value is -1.06. The normalized spacial score (nSPS) is 15.8. The summed E-state index contributed by atoms with van der Waals surface area (Å²) in [6.45, 7) is 4.67. The van der Waals surface area contributed by atoms with E-state index in [1.165, 1.54) is 0 Å². The van der Waals surface area contributed by atoms with Gasteiger partial charge in [-0.25, -0.2) is 4.79 Å². The molecule has 1 aliphatic rings. The van der Waals surface area contributed by atoms with E-state index in [9.17, 15) is 4.79 Å². The van der Waals surface area contributed by atoms with Crippen LogP contribution < -0.4 is 10.1 Å². The number of rotatable bonds is 5. The summed E-state index contributed by atoms with van der Waals surface area (Å²) in [4.78, 5) is 13.1. The molecule has 0 aliphatic carbocycles. The van der Waals surface area contributed by atoms with Gasteiger partial charge >= 0.3 is 6.09 Å². The molecule has 6 nitrogen and oxygen atoms in total. The molecule has 1 saturated heterocycles. The minimum Gasteiger partial charge on any atom is -0.490 e. The van der Waals surface area contributed by atoms with Gasteiger partial charge in [-0.1, -0.05) is 6.07 Å². The second kappa shape index (κ2) is 7.65. The molecule has 0 atom stereocenters. The highest BCUT2D eigenvalue weighted by atomic mass is 127. The molecule has 7 heteroatoms. The van der Waals surface area contributed by atoms with Crippen molar-refractivity contribution in [3.63, 3.8) is 0 Å². The third-order valence-electron chi connectivity index (χ3n) is 2.98. The molecule has 0 spiro atoms. The zero-order chi connectivity index (χ0) is 14.4. The van der Waals surface area contributed by atoms with Gasteiger partial charge in [-0.3, -0.25) is 10.2 Å². The van der Waals surface area contributed by atoms with E-state index >= 15 is 0 Å². The minimum atomic E-state index is -1.09. The summed E-state index contributed by atoms with van der Waals surface area (Å²) in [6, 6.07) is 5.45. The highest BCUT2D eigenvalue weighted by Crippen LogP contribution is 2.29. The number of halogens is 1. The first-order chi connectivity index (χ1) is 9.66. The van der Waals surface area contributed by atoms with Crippen LogP contribution in [-0.4, -0.2) is 55.6 Å². The summed E-state index contributed by atoms with van der Waals surface area (Å²) >= 11 is 2.08. The molecule has 0 radical (unpaired) electrons. The third-order valence-corrected chi connectivity index (χ3v) is 3.88. The van der Waals surface area contributed by atoms with Gasteiger partial charge in [-0.2, -0.15) is 0 Å². The summed E-state index contributed by atoms with van der Waals surface area (Å²) in [5.41, 5.74) is 0.502. The largest absolute Gasteiger partial charge is 0.490 e. The number of ether oxygens (including phenoxy) is 2. The predicted octanol–water partition coefficient (Wildman–Crippen LogP) is 2.09. The lowest BCUT2D eigenvalue weighted by Gasteiger charge is -2.26. The zero-order valence-corrected chi connectivity index (χ0v) is 13.1. The lowest BCUT2D eigenvalue weighted by Crippen LogP contribution is -2.38. The van der Waals surface area contributed by atoms with Crippen molar-refractivity contribution in [1.82, 2.24) is 4.90 Å². The summed E-state index contributed by atoms with van der Waals surface area (Å²) < 4.78 is 11.8. The van der Waals surface area contributed by atoms with Crippen molar-refractivity contribution in [3.05, 3.63) is 21.8 Å². The Balaban J connectivity index is 1.91. The molecule has 1 aromatic carbocycles. The Morgan fingerprint density at radius 3 is 2.90 bits per heavy atom. The fourth-order valence-electron chi connectivity index (χ4n) is 1.96. The van der Waals surface area contributed by atoms with Gasteiger partial charge in [0.2, 0.25) is 0 Å². The van der Waals surface area contributed by atoms with Crippen molar-refractivity contribution in [3.8, 4) is 5.75 Å². The topological polar surface area (TPSA) is 71.0 Å². The number of morpholine rings is 1. The molecule has 0 saturated carbocycles. The first-order valence-corrected chi connectivity index (χ1v) is 7.46. The highest BCUT2D eigenvalue weighted by Gasteiger charge is 2.13. The fourth-order valence-corrected chi connectivity index (χ4v) is 2.57. The van der Waals surface area contributed by atoms with E-state index < -0.39 is 6.09 Å². The molecule has 20 heavy (non-hydrogen) atoms. The Morgan fingerprint density at radius 1 is 1.45 bits per heavy atom. The van der Waals surface area contributed by atoms with Crippen LogP contribution in [0.15, 0.2) is 18.2 Å². The number of nitrogens with one attached hydrogen (secondary N) is 1. The number of benzene rings is 1. The van der Waals surface area contributed by atoms with Crippen molar-refractivity contribution < 1.29 is 19.4 Å². The van der Waals surface area contributed by atoms with Crippen LogP contribution in [0, 0.1) is 3.57 Å². The van der Waals surface area contributed by atoms with E-state index in [1.807, 2.05) is 12.1 Å². The van der Waals surface area contributed by atoms with Crippen LogP contribution in [0.4, 0.5) is 10.5 Å². The van der Waals surface area contributed by atoms with Crippen LogP contribution in [0.25, 0.3) is 0 Å². The minimum absolute atomic E-state index is 0.502. The second-order valence-electron chi connectivity index (χ2n) is 4.35. The van der Waals surface area contributed by atoms with Crippen LogP contribution in [0.5, 0.6) is 5.75 Å². The number of hydrogen-bond donors (Lipinski definition) is 2. The quantitative estimate of drug-likeness (QED) is 0.752. The molecule has 2 N–H and O–H groups in total. The highest BCUT2D eigenvalue weighted by molar-refractivity contribution is 14.1. The monoisotopic (exact) mass is 392 g/mol. The van der Waals surface area contributed by atoms with E-state index in [4.69, 9.17) is 14.6 Å². The smallest absolute Gasteiger partial charge is 0.409 e. The maximum absolute atomic E-state index is 10.8. The van der Waals surface area contributed by atoms with Crippen molar-refractivity contribution in [2.45, 2.75) is 0 Å². The van der Waals surface area contributed by atoms with Gasteiger partial charge in [0.25, 0.3) is 0 Å². The Kier molecular flexibility index (Phi) is 5.86. The fraction of sp³-hybridized carbons (Fsp3) is 0.462. The Labute approximate surface area is 131 Å². The second-order valence-corrected chi connectivity index (χ2v) is 5.51. The molecule has 1 aliphatic heterocycles. The number of anilines is 1. The Morgan fingerprint density at radius 2 is 2.20 bits per heavy atom. The summed E-state index contributed by atoms with van der Waals surface area (Å²) in [5.74, 6) is 0.563. The number of carboxylic acid groups (broad SMARTS) is 1. The molecular weight excluding hydrogens is 375 g/mol. The van der Waals surface area contributed by atoms with Gasteiger partial charge in [-0.05, 0) is 34.7 Å². The predicted molar refractivity (Wildman–Crippen MR) is 83.6 cm³/mol. The summed E-state index contributed by atoms with van der Waals surface area (Å²) in [6.07, 6.45) is -1.09. The molecular formula is C13H17IN2O4. The number of hydrogen-bond acceptors (Lipinski definition) is 4. The van der Waals surface area contributed by atoms with Gasteiger partial charge < -0.3 is 14.6 Å². The van der Waals surface area contributed by atoms with Crippen molar-refractivity contribution >= 4 is 34.4 Å². The number of nitrogens with zero attached hydrogens (tertiary/aromatic N) is 1. The van der Waals surface area contributed by atoms with Gasteiger partial charge in [0, 0.05) is 23.2 Å². The molecule has 1 fully saturated rings. The lowest BCUT2D eigenvalue weighted by molar-refractivity contribution is 0.0323. The van der Waals surface area contributed by atoms with Crippen LogP contribution >= 0.6 is 22.6 Å². The molecule has 1 heterocycles. The molecule has 0 unspecified atom stereocenters. The zero-order valence-electron chi connectivity index (χ0n) is 11.0. The van der Waals surface area contributed by atoms with E-state index in [0.29, 0.717) is 18.0 Å². The maximum atomic E-state index is 10.8. The molecule has 0 aromatic heterocycles. The van der Waals surface area contributed by atoms with Crippen LogP contribution in [-0.2, 0) is 4.74 Å². The molecule has 1 amide bonds. The number of para-hydroxylation sites is 1. The first-order valence-electron chi connectivity index (χ1n) is 6.38. The van der Waals surface area contributed by atoms with Gasteiger partial charge in [-0.15, -0.1) is 0 Å². The average Bonchev–Trinajstić information content (AvgIpc) is 2.43. The summed E-state index contributed by atoms with van der Waals surface area (Å²) in [5, 5.41) is 11.2. The SMILES string of the molecule is O=C(O)Nc1c(I)cccc1OCCN1CCOCC1. The third kappa shape index (κ3) is 4.50. The van der Waals surface area contributed by atoms with Crippen molar-refractivity contribution in [2.75, 3.05) is 44.8 Å². The van der Waals surface area contributed by atoms with E-state index in [-0.39, 0.29) is 0 Å². The Bertz CT molecular complexity index is 464. The van der Waals surface area contributed by atoms with E-state index in [2.05, 4.69) is 32.8 Å². The summed E-state index contributed by atoms with van der Waals surface area (Å²) in [7, 11) is 0. The molecule has 1 aromatic rings.